The maximum absolute atomic E-state index is 12.4. The van der Waals surface area contributed by atoms with Crippen LogP contribution >= 0.6 is 23.1 Å². The summed E-state index contributed by atoms with van der Waals surface area (Å²) in [5, 5.41) is 17.8. The van der Waals surface area contributed by atoms with E-state index in [-0.39, 0.29) is 29.4 Å². The Labute approximate surface area is 163 Å². The van der Waals surface area contributed by atoms with Crippen molar-refractivity contribution in [2.45, 2.75) is 18.3 Å². The van der Waals surface area contributed by atoms with Crippen LogP contribution in [0, 0.1) is 0 Å². The summed E-state index contributed by atoms with van der Waals surface area (Å²) in [7, 11) is 0. The Morgan fingerprint density at radius 3 is 2.89 bits per heavy atom. The van der Waals surface area contributed by atoms with Gasteiger partial charge in [-0.2, -0.15) is 0 Å². The van der Waals surface area contributed by atoms with Gasteiger partial charge in [0.2, 0.25) is 5.91 Å². The number of carbonyl (C=O) groups is 3. The van der Waals surface area contributed by atoms with E-state index in [1.807, 2.05) is 29.6 Å². The minimum atomic E-state index is -1.11. The first-order valence-electron chi connectivity index (χ1n) is 8.34. The number of rotatable bonds is 5. The summed E-state index contributed by atoms with van der Waals surface area (Å²) in [6.07, 6.45) is 0. The van der Waals surface area contributed by atoms with E-state index in [1.165, 1.54) is 16.7 Å². The van der Waals surface area contributed by atoms with Crippen LogP contribution in [0.4, 0.5) is 5.69 Å². The predicted octanol–water partition coefficient (Wildman–Crippen LogP) is 2.07. The van der Waals surface area contributed by atoms with Crippen LogP contribution in [-0.2, 0) is 14.4 Å². The van der Waals surface area contributed by atoms with Crippen molar-refractivity contribution in [2.24, 2.45) is 0 Å². The molecule has 4 rings (SSSR count). The number of β-lactam (4-membered cyclic amide) rings is 1. The Hall–Kier alpha value is -2.52. The highest BCUT2D eigenvalue weighted by Crippen LogP contribution is 2.40. The summed E-state index contributed by atoms with van der Waals surface area (Å²) >= 11 is 3.06. The van der Waals surface area contributed by atoms with Crippen molar-refractivity contribution < 1.29 is 19.5 Å². The van der Waals surface area contributed by atoms with Crippen LogP contribution in [0.15, 0.2) is 40.9 Å². The first-order valence-corrected chi connectivity index (χ1v) is 10.3. The van der Waals surface area contributed by atoms with Gasteiger partial charge in [0, 0.05) is 21.2 Å². The van der Waals surface area contributed by atoms with Crippen LogP contribution in [0.3, 0.4) is 0 Å². The zero-order valence-electron chi connectivity index (χ0n) is 14.4. The van der Waals surface area contributed by atoms with Crippen molar-refractivity contribution in [3.63, 3.8) is 0 Å². The molecule has 2 amide bonds. The second-order valence-electron chi connectivity index (χ2n) is 6.39. The monoisotopic (exact) mass is 403 g/mol. The highest BCUT2D eigenvalue weighted by molar-refractivity contribution is 8.00. The summed E-state index contributed by atoms with van der Waals surface area (Å²) in [6.45, 7) is 1.75. The molecular weight excluding hydrogens is 386 g/mol. The van der Waals surface area contributed by atoms with E-state index in [0.717, 1.165) is 15.8 Å². The average Bonchev–Trinajstić information content (AvgIpc) is 3.07. The zero-order valence-corrected chi connectivity index (χ0v) is 16.0. The molecule has 7 nitrogen and oxygen atoms in total. The van der Waals surface area contributed by atoms with E-state index in [9.17, 15) is 19.5 Å². The average molecular weight is 403 g/mol. The molecule has 1 saturated heterocycles. The van der Waals surface area contributed by atoms with Crippen LogP contribution in [-0.4, -0.2) is 51.5 Å². The summed E-state index contributed by atoms with van der Waals surface area (Å²) in [4.78, 5) is 37.4. The van der Waals surface area contributed by atoms with Crippen LogP contribution in [0.1, 0.15) is 6.92 Å². The lowest BCUT2D eigenvalue weighted by Gasteiger charge is -2.49. The van der Waals surface area contributed by atoms with Gasteiger partial charge in [-0.15, -0.1) is 23.1 Å². The fourth-order valence-electron chi connectivity index (χ4n) is 3.29. The Morgan fingerprint density at radius 1 is 1.33 bits per heavy atom. The lowest BCUT2D eigenvalue weighted by atomic mass is 10.0. The molecule has 0 aliphatic carbocycles. The van der Waals surface area contributed by atoms with Gasteiger partial charge in [-0.25, -0.2) is 4.79 Å². The molecule has 1 unspecified atom stereocenters. The van der Waals surface area contributed by atoms with Gasteiger partial charge < -0.3 is 15.7 Å². The molecule has 0 bridgehead atoms. The second-order valence-corrected chi connectivity index (χ2v) is 8.40. The van der Waals surface area contributed by atoms with Gasteiger partial charge in [0.15, 0.2) is 0 Å². The molecule has 0 spiro atoms. The standard InChI is InChI=1S/C18H17N3O4S2/c1-9-7-27-17-14(16(23)21(17)15(9)18(24)25)20-13(22)6-19-11-8-26-12-5-3-2-4-10(11)12/h2-5,8,14,17,19H,6-7H2,1H3,(H,20,22)(H,24,25)/t14?,17-/m0/s1. The number of hydrogen-bond donors (Lipinski definition) is 3. The van der Waals surface area contributed by atoms with E-state index in [4.69, 9.17) is 0 Å². The van der Waals surface area contributed by atoms with Crippen molar-refractivity contribution in [1.82, 2.24) is 10.2 Å². The number of carbonyl (C=O) groups excluding carboxylic acids is 2. The Morgan fingerprint density at radius 2 is 2.11 bits per heavy atom. The number of carboxylic acids is 1. The first-order chi connectivity index (χ1) is 13.0. The number of nitrogens with one attached hydrogen (secondary N) is 2. The molecule has 0 saturated carbocycles. The molecule has 2 aromatic rings. The van der Waals surface area contributed by atoms with Crippen molar-refractivity contribution >= 4 is 56.7 Å². The maximum atomic E-state index is 12.4. The third-order valence-electron chi connectivity index (χ3n) is 4.60. The number of thioether (sulfide) groups is 1. The van der Waals surface area contributed by atoms with Crippen molar-refractivity contribution in [1.29, 1.82) is 0 Å². The molecule has 3 heterocycles. The number of hydrogen-bond acceptors (Lipinski definition) is 6. The number of thiophene rings is 1. The molecule has 2 atom stereocenters. The number of amides is 2. The number of nitrogens with zero attached hydrogens (tertiary/aromatic N) is 1. The molecule has 9 heteroatoms. The number of aliphatic carboxylic acids is 1. The highest BCUT2D eigenvalue weighted by Gasteiger charge is 2.53. The molecule has 1 fully saturated rings. The van der Waals surface area contributed by atoms with Crippen LogP contribution in [0.25, 0.3) is 10.1 Å². The van der Waals surface area contributed by atoms with Gasteiger partial charge in [-0.05, 0) is 18.6 Å². The molecule has 2 aliphatic heterocycles. The lowest BCUT2D eigenvalue weighted by Crippen LogP contribution is -2.70. The molecule has 3 N–H and O–H groups in total. The Kier molecular flexibility index (Phi) is 4.56. The van der Waals surface area contributed by atoms with Gasteiger partial charge in [0.25, 0.3) is 5.91 Å². The molecule has 0 radical (unpaired) electrons. The van der Waals surface area contributed by atoms with E-state index < -0.39 is 12.0 Å². The highest BCUT2D eigenvalue weighted by atomic mass is 32.2. The zero-order chi connectivity index (χ0) is 19.1. The normalized spacial score (nSPS) is 21.7. The minimum absolute atomic E-state index is 0.0390. The summed E-state index contributed by atoms with van der Waals surface area (Å²) in [5.41, 5.74) is 1.58. The summed E-state index contributed by atoms with van der Waals surface area (Å²) in [6, 6.07) is 7.22. The summed E-state index contributed by atoms with van der Waals surface area (Å²) in [5.74, 6) is -1.26. The van der Waals surface area contributed by atoms with Crippen molar-refractivity contribution in [2.75, 3.05) is 17.6 Å². The minimum Gasteiger partial charge on any atom is -0.477 e. The van der Waals surface area contributed by atoms with Gasteiger partial charge in [-0.1, -0.05) is 18.2 Å². The smallest absolute Gasteiger partial charge is 0.352 e. The second kappa shape index (κ2) is 6.90. The molecule has 140 valence electrons. The third kappa shape index (κ3) is 3.06. The van der Waals surface area contributed by atoms with E-state index >= 15 is 0 Å². The SMILES string of the molecule is CC1=C(C(=O)O)N2C(=O)C(NC(=O)CNc3csc4ccccc34)[C@@H]2SC1. The van der Waals surface area contributed by atoms with Gasteiger partial charge >= 0.3 is 5.97 Å². The Balaban J connectivity index is 1.38. The topological polar surface area (TPSA) is 98.7 Å². The summed E-state index contributed by atoms with van der Waals surface area (Å²) < 4.78 is 1.13. The van der Waals surface area contributed by atoms with Gasteiger partial charge in [0.1, 0.15) is 17.1 Å². The molecular formula is C18H17N3O4S2. The van der Waals surface area contributed by atoms with E-state index in [1.54, 1.807) is 18.3 Å². The maximum Gasteiger partial charge on any atom is 0.352 e. The number of fused-ring (bicyclic) bond motifs is 2. The lowest BCUT2D eigenvalue weighted by molar-refractivity contribution is -0.150. The number of benzene rings is 1. The molecule has 2 aliphatic rings. The predicted molar refractivity (Wildman–Crippen MR) is 106 cm³/mol. The quantitative estimate of drug-likeness (QED) is 0.661. The molecule has 1 aromatic carbocycles. The third-order valence-corrected chi connectivity index (χ3v) is 6.99. The van der Waals surface area contributed by atoms with E-state index in [2.05, 4.69) is 10.6 Å². The van der Waals surface area contributed by atoms with Crippen LogP contribution < -0.4 is 10.6 Å². The van der Waals surface area contributed by atoms with Crippen LogP contribution in [0.5, 0.6) is 0 Å². The molecule has 1 aromatic heterocycles. The van der Waals surface area contributed by atoms with Crippen molar-refractivity contribution in [3.05, 3.63) is 40.9 Å². The van der Waals surface area contributed by atoms with Gasteiger partial charge in [-0.3, -0.25) is 14.5 Å². The fraction of sp³-hybridized carbons (Fsp3) is 0.278. The first kappa shape index (κ1) is 17.9. The Bertz CT molecular complexity index is 984. The van der Waals surface area contributed by atoms with Gasteiger partial charge in [0.05, 0.1) is 12.2 Å². The number of anilines is 1. The van der Waals surface area contributed by atoms with E-state index in [0.29, 0.717) is 11.3 Å². The van der Waals surface area contributed by atoms with Crippen LogP contribution in [0.2, 0.25) is 0 Å². The number of carboxylic acid groups (broad SMARTS) is 1. The fourth-order valence-corrected chi connectivity index (χ4v) is 5.50. The largest absolute Gasteiger partial charge is 0.477 e. The van der Waals surface area contributed by atoms with Crippen molar-refractivity contribution in [3.8, 4) is 0 Å². The molecule has 27 heavy (non-hydrogen) atoms.